The molecule has 0 saturated carbocycles. The second-order valence-electron chi connectivity index (χ2n) is 6.07. The first-order chi connectivity index (χ1) is 12.6. The van der Waals surface area contributed by atoms with E-state index in [1.54, 1.807) is 0 Å². The summed E-state index contributed by atoms with van der Waals surface area (Å²) in [6.07, 6.45) is 6.85. The Morgan fingerprint density at radius 3 is 1.88 bits per heavy atom. The lowest BCUT2D eigenvalue weighted by Crippen LogP contribution is -2.47. The van der Waals surface area contributed by atoms with Crippen molar-refractivity contribution in [2.45, 2.75) is 45.4 Å². The Labute approximate surface area is 155 Å². The first-order valence-electron chi connectivity index (χ1n) is 9.27. The fraction of sp³-hybridized carbons (Fsp3) is 0.579. The van der Waals surface area contributed by atoms with Gasteiger partial charge in [-0.25, -0.2) is 9.59 Å². The zero-order valence-electron chi connectivity index (χ0n) is 15.6. The number of aromatic carboxylic acids is 1. The highest BCUT2D eigenvalue weighted by Crippen LogP contribution is 2.08. The summed E-state index contributed by atoms with van der Waals surface area (Å²) in [5.74, 6) is -1.40. The van der Waals surface area contributed by atoms with Crippen LogP contribution in [0.15, 0.2) is 24.3 Å². The molecule has 1 heterocycles. The van der Waals surface area contributed by atoms with Crippen LogP contribution >= 0.6 is 0 Å². The summed E-state index contributed by atoms with van der Waals surface area (Å²) in [6, 6.07) is 5.77. The van der Waals surface area contributed by atoms with Crippen LogP contribution in [0.2, 0.25) is 0 Å². The summed E-state index contributed by atoms with van der Waals surface area (Å²) in [4.78, 5) is 22.4. The van der Waals surface area contributed by atoms with Crippen LogP contribution in [-0.2, 0) is 4.74 Å². The molecule has 1 aromatic rings. The highest BCUT2D eigenvalue weighted by Gasteiger charge is 2.08. The number of carbonyl (C=O) groups is 2. The lowest BCUT2D eigenvalue weighted by atomic mass is 10.1. The molecule has 146 valence electrons. The van der Waals surface area contributed by atoms with Crippen LogP contribution in [0.5, 0.6) is 0 Å². The van der Waals surface area contributed by atoms with Gasteiger partial charge in [-0.2, -0.15) is 0 Å². The van der Waals surface area contributed by atoms with Crippen molar-refractivity contribution >= 4 is 11.9 Å². The van der Waals surface area contributed by atoms with Crippen LogP contribution in [0.1, 0.15) is 66.2 Å². The van der Waals surface area contributed by atoms with E-state index in [4.69, 9.17) is 9.84 Å². The fourth-order valence-corrected chi connectivity index (χ4v) is 2.33. The Morgan fingerprint density at radius 1 is 0.885 bits per heavy atom. The summed E-state index contributed by atoms with van der Waals surface area (Å²) in [5, 5.41) is 17.9. The number of nitrogens with one attached hydrogen (secondary N) is 3. The molecule has 0 atom stereocenters. The van der Waals surface area contributed by atoms with Gasteiger partial charge >= 0.3 is 11.9 Å². The van der Waals surface area contributed by atoms with E-state index in [2.05, 4.69) is 22.9 Å². The molecule has 0 unspecified atom stereocenters. The number of carboxylic acid groups (broad SMARTS) is 1. The summed E-state index contributed by atoms with van der Waals surface area (Å²) in [5.41, 5.74) is 0.554. The van der Waals surface area contributed by atoms with Gasteiger partial charge in [-0.3, -0.25) is 16.0 Å². The number of rotatable bonds is 9. The van der Waals surface area contributed by atoms with E-state index in [9.17, 15) is 9.59 Å². The summed E-state index contributed by atoms with van der Waals surface area (Å²) < 4.78 is 5.15. The van der Waals surface area contributed by atoms with Crippen molar-refractivity contribution in [2.24, 2.45) is 0 Å². The molecular weight excluding hydrogens is 334 g/mol. The fourth-order valence-electron chi connectivity index (χ4n) is 2.33. The summed E-state index contributed by atoms with van der Waals surface area (Å²) in [7, 11) is 0. The van der Waals surface area contributed by atoms with Crippen molar-refractivity contribution in [1.82, 2.24) is 16.0 Å². The van der Waals surface area contributed by atoms with Crippen LogP contribution in [-0.4, -0.2) is 43.7 Å². The Bertz CT molecular complexity index is 505. The highest BCUT2D eigenvalue weighted by molar-refractivity contribution is 5.92. The molecule has 1 aliphatic heterocycles. The first-order valence-corrected chi connectivity index (χ1v) is 9.27. The van der Waals surface area contributed by atoms with E-state index in [-0.39, 0.29) is 5.56 Å². The monoisotopic (exact) mass is 365 g/mol. The number of unbranched alkanes of at least 4 members (excludes halogenated alkanes) is 5. The second-order valence-corrected chi connectivity index (χ2v) is 6.07. The number of ether oxygens (including phenoxy) is 1. The molecule has 0 aliphatic carbocycles. The van der Waals surface area contributed by atoms with E-state index < -0.39 is 11.9 Å². The minimum Gasteiger partial charge on any atom is -0.478 e. The van der Waals surface area contributed by atoms with Gasteiger partial charge in [0.25, 0.3) is 0 Å². The topological polar surface area (TPSA) is 99.7 Å². The molecule has 1 aliphatic rings. The van der Waals surface area contributed by atoms with Crippen molar-refractivity contribution in [1.29, 1.82) is 0 Å². The molecule has 1 fully saturated rings. The lowest BCUT2D eigenvalue weighted by Gasteiger charge is -2.13. The Kier molecular flexibility index (Phi) is 12.1. The van der Waals surface area contributed by atoms with Crippen molar-refractivity contribution in [2.75, 3.05) is 26.6 Å². The zero-order valence-corrected chi connectivity index (χ0v) is 15.6. The van der Waals surface area contributed by atoms with E-state index in [1.165, 1.54) is 49.9 Å². The van der Waals surface area contributed by atoms with Crippen LogP contribution in [0.4, 0.5) is 0 Å². The SMILES string of the molecule is C1NCNCN1.CCCCCCCCOC(=O)c1ccc(C(=O)O)cc1. The third-order valence-corrected chi connectivity index (χ3v) is 3.85. The zero-order chi connectivity index (χ0) is 19.0. The van der Waals surface area contributed by atoms with Gasteiger partial charge in [0.1, 0.15) is 0 Å². The molecule has 2 rings (SSSR count). The lowest BCUT2D eigenvalue weighted by molar-refractivity contribution is 0.0496. The van der Waals surface area contributed by atoms with Crippen molar-refractivity contribution in [3.63, 3.8) is 0 Å². The quantitative estimate of drug-likeness (QED) is 0.394. The van der Waals surface area contributed by atoms with E-state index in [0.717, 1.165) is 32.8 Å². The molecule has 26 heavy (non-hydrogen) atoms. The van der Waals surface area contributed by atoms with Crippen LogP contribution < -0.4 is 16.0 Å². The molecule has 7 heteroatoms. The van der Waals surface area contributed by atoms with Crippen LogP contribution in [0, 0.1) is 0 Å². The Hall–Kier alpha value is -1.96. The van der Waals surface area contributed by atoms with Gasteiger partial charge in [-0.05, 0) is 30.7 Å². The van der Waals surface area contributed by atoms with Gasteiger partial charge in [0.2, 0.25) is 0 Å². The molecule has 0 radical (unpaired) electrons. The minimum atomic E-state index is -1.00. The predicted molar refractivity (Wildman–Crippen MR) is 101 cm³/mol. The number of carboxylic acids is 1. The van der Waals surface area contributed by atoms with Gasteiger partial charge in [-0.1, -0.05) is 39.0 Å². The number of carbonyl (C=O) groups excluding carboxylic acids is 1. The normalized spacial score (nSPS) is 13.4. The molecular formula is C19H31N3O4. The highest BCUT2D eigenvalue weighted by atomic mass is 16.5. The maximum atomic E-state index is 11.7. The van der Waals surface area contributed by atoms with Crippen molar-refractivity contribution in [3.8, 4) is 0 Å². The average Bonchev–Trinajstić information content (AvgIpc) is 2.69. The smallest absolute Gasteiger partial charge is 0.338 e. The number of hydrogen-bond acceptors (Lipinski definition) is 6. The van der Waals surface area contributed by atoms with Crippen molar-refractivity contribution < 1.29 is 19.4 Å². The van der Waals surface area contributed by atoms with E-state index >= 15 is 0 Å². The third kappa shape index (κ3) is 10.1. The van der Waals surface area contributed by atoms with Crippen molar-refractivity contribution in [3.05, 3.63) is 35.4 Å². The first kappa shape index (κ1) is 22.1. The van der Waals surface area contributed by atoms with Gasteiger partial charge in [0.05, 0.1) is 17.7 Å². The third-order valence-electron chi connectivity index (χ3n) is 3.85. The molecule has 4 N–H and O–H groups in total. The molecule has 7 nitrogen and oxygen atoms in total. The molecule has 1 saturated heterocycles. The number of benzene rings is 1. The predicted octanol–water partition coefficient (Wildman–Crippen LogP) is 2.54. The van der Waals surface area contributed by atoms with E-state index in [1.807, 2.05) is 0 Å². The minimum absolute atomic E-state index is 0.164. The Morgan fingerprint density at radius 2 is 1.38 bits per heavy atom. The largest absolute Gasteiger partial charge is 0.478 e. The molecule has 0 amide bonds. The molecule has 0 spiro atoms. The van der Waals surface area contributed by atoms with Gasteiger partial charge in [0.15, 0.2) is 0 Å². The van der Waals surface area contributed by atoms with Gasteiger partial charge < -0.3 is 9.84 Å². The maximum Gasteiger partial charge on any atom is 0.338 e. The summed E-state index contributed by atoms with van der Waals surface area (Å²) in [6.45, 7) is 5.41. The molecule has 0 bridgehead atoms. The standard InChI is InChI=1S/C16H22O4.C3H9N3/c1-2-3-4-5-6-7-12-20-16(19)14-10-8-13(9-11-14)15(17)18;1-4-2-6-3-5-1/h8-11H,2-7,12H2,1H3,(H,17,18);4-6H,1-3H2. The molecule has 0 aromatic heterocycles. The number of hydrogen-bond donors (Lipinski definition) is 4. The van der Waals surface area contributed by atoms with Crippen LogP contribution in [0.3, 0.4) is 0 Å². The van der Waals surface area contributed by atoms with E-state index in [0.29, 0.717) is 12.2 Å². The summed E-state index contributed by atoms with van der Waals surface area (Å²) >= 11 is 0. The Balaban J connectivity index is 0.000000472. The molecule has 1 aromatic carbocycles. The van der Waals surface area contributed by atoms with Gasteiger partial charge in [-0.15, -0.1) is 0 Å². The van der Waals surface area contributed by atoms with Crippen LogP contribution in [0.25, 0.3) is 0 Å². The van der Waals surface area contributed by atoms with Gasteiger partial charge in [0, 0.05) is 20.0 Å². The second kappa shape index (κ2) is 14.2. The maximum absolute atomic E-state index is 11.7. The number of esters is 1. The average molecular weight is 365 g/mol.